The summed E-state index contributed by atoms with van der Waals surface area (Å²) >= 11 is 0. The zero-order chi connectivity index (χ0) is 23.5. The molecule has 7 nitrogen and oxygen atoms in total. The Morgan fingerprint density at radius 2 is 1.64 bits per heavy atom. The van der Waals surface area contributed by atoms with Gasteiger partial charge in [-0.2, -0.15) is 0 Å². The Balaban J connectivity index is 1.85. The molecule has 0 saturated carbocycles. The van der Waals surface area contributed by atoms with E-state index in [9.17, 15) is 24.8 Å². The zero-order valence-corrected chi connectivity index (χ0v) is 17.7. The van der Waals surface area contributed by atoms with E-state index in [1.807, 2.05) is 25.1 Å². The molecule has 1 atom stereocenters. The molecule has 0 aliphatic carbocycles. The highest BCUT2D eigenvalue weighted by molar-refractivity contribution is 6.20. The molecule has 4 rings (SSSR count). The highest BCUT2D eigenvalue weighted by atomic mass is 16.6. The van der Waals surface area contributed by atoms with Crippen LogP contribution < -0.4 is 4.90 Å². The van der Waals surface area contributed by atoms with Crippen LogP contribution in [0.3, 0.4) is 0 Å². The van der Waals surface area contributed by atoms with Gasteiger partial charge in [0.15, 0.2) is 11.5 Å². The molecule has 1 heterocycles. The summed E-state index contributed by atoms with van der Waals surface area (Å²) in [5.41, 5.74) is 1.80. The van der Waals surface area contributed by atoms with Crippen LogP contribution in [0.5, 0.6) is 0 Å². The lowest BCUT2D eigenvalue weighted by Gasteiger charge is -2.26. The number of carbonyl (C=O) groups is 2. The molecule has 0 bridgehead atoms. The van der Waals surface area contributed by atoms with Crippen LogP contribution in [-0.4, -0.2) is 21.7 Å². The molecule has 0 fully saturated rings. The van der Waals surface area contributed by atoms with Gasteiger partial charge in [0.25, 0.3) is 11.6 Å². The average Bonchev–Trinajstić information content (AvgIpc) is 3.09. The number of ketones is 1. The Bertz CT molecular complexity index is 1290. The number of aliphatic hydroxyl groups excluding tert-OH is 1. The molecule has 3 aromatic rings. The summed E-state index contributed by atoms with van der Waals surface area (Å²) in [6, 6.07) is 20.7. The third-order valence-corrected chi connectivity index (χ3v) is 5.44. The van der Waals surface area contributed by atoms with Gasteiger partial charge in [0.1, 0.15) is 6.04 Å². The maximum absolute atomic E-state index is 13.2. The Hall–Kier alpha value is -4.52. The number of para-hydroxylation sites is 1. The zero-order valence-electron chi connectivity index (χ0n) is 17.7. The number of carbonyl (C=O) groups excluding carboxylic acids is 2. The molecular weight excluding hydrogens is 420 g/mol. The van der Waals surface area contributed by atoms with Gasteiger partial charge in [-0.3, -0.25) is 24.6 Å². The van der Waals surface area contributed by atoms with E-state index in [0.717, 1.165) is 11.1 Å². The molecule has 1 amide bonds. The van der Waals surface area contributed by atoms with Gasteiger partial charge >= 0.3 is 0 Å². The van der Waals surface area contributed by atoms with Crippen molar-refractivity contribution in [3.63, 3.8) is 0 Å². The first-order valence-electron chi connectivity index (χ1n) is 10.2. The Labute approximate surface area is 190 Å². The van der Waals surface area contributed by atoms with E-state index in [0.29, 0.717) is 5.69 Å². The number of nitro benzene ring substituents is 1. The summed E-state index contributed by atoms with van der Waals surface area (Å²) in [6.45, 7) is 1.88. The molecule has 164 valence electrons. The van der Waals surface area contributed by atoms with Crippen molar-refractivity contribution in [2.75, 3.05) is 4.90 Å². The number of nitro groups is 1. The number of benzene rings is 3. The van der Waals surface area contributed by atoms with Gasteiger partial charge in [-0.15, -0.1) is 0 Å². The summed E-state index contributed by atoms with van der Waals surface area (Å²) in [4.78, 5) is 38.7. The fourth-order valence-electron chi connectivity index (χ4n) is 3.83. The van der Waals surface area contributed by atoms with E-state index in [-0.39, 0.29) is 16.8 Å². The predicted octanol–water partition coefficient (Wildman–Crippen LogP) is 5.09. The van der Waals surface area contributed by atoms with E-state index in [1.54, 1.807) is 48.5 Å². The average molecular weight is 440 g/mol. The summed E-state index contributed by atoms with van der Waals surface area (Å²) in [6.07, 6.45) is 2.83. The number of allylic oxidation sites excluding steroid dienone is 1. The molecule has 1 aliphatic rings. The molecule has 33 heavy (non-hydrogen) atoms. The topological polar surface area (TPSA) is 101 Å². The monoisotopic (exact) mass is 440 g/mol. The normalized spacial score (nSPS) is 16.0. The van der Waals surface area contributed by atoms with Crippen molar-refractivity contribution in [2.45, 2.75) is 13.0 Å². The first kappa shape index (κ1) is 21.7. The lowest BCUT2D eigenvalue weighted by molar-refractivity contribution is -0.385. The van der Waals surface area contributed by atoms with Crippen LogP contribution in [0, 0.1) is 17.0 Å². The van der Waals surface area contributed by atoms with Crippen molar-refractivity contribution in [3.8, 4) is 0 Å². The summed E-state index contributed by atoms with van der Waals surface area (Å²) in [5.74, 6) is -2.12. The maximum Gasteiger partial charge on any atom is 0.294 e. The fourth-order valence-corrected chi connectivity index (χ4v) is 3.83. The Morgan fingerprint density at radius 3 is 2.30 bits per heavy atom. The lowest BCUT2D eigenvalue weighted by atomic mass is 9.94. The second-order valence-electron chi connectivity index (χ2n) is 7.60. The second kappa shape index (κ2) is 8.92. The molecule has 0 unspecified atom stereocenters. The first-order valence-corrected chi connectivity index (χ1v) is 10.2. The van der Waals surface area contributed by atoms with Gasteiger partial charge in [0.2, 0.25) is 0 Å². The molecule has 0 saturated heterocycles. The number of hydrogen-bond acceptors (Lipinski definition) is 5. The minimum atomic E-state index is -1.16. The van der Waals surface area contributed by atoms with Crippen molar-refractivity contribution in [2.24, 2.45) is 0 Å². The Morgan fingerprint density at radius 1 is 1.00 bits per heavy atom. The van der Waals surface area contributed by atoms with E-state index in [1.165, 1.54) is 29.2 Å². The van der Waals surface area contributed by atoms with Gasteiger partial charge in [0.05, 0.1) is 16.1 Å². The van der Waals surface area contributed by atoms with Gasteiger partial charge < -0.3 is 5.11 Å². The number of aliphatic hydroxyl groups is 1. The van der Waals surface area contributed by atoms with Crippen LogP contribution in [0.1, 0.15) is 22.7 Å². The highest BCUT2D eigenvalue weighted by Crippen LogP contribution is 2.43. The minimum absolute atomic E-state index is 0.136. The second-order valence-corrected chi connectivity index (χ2v) is 7.60. The fraction of sp³-hybridized carbons (Fsp3) is 0.0769. The van der Waals surface area contributed by atoms with E-state index in [2.05, 4.69) is 0 Å². The third-order valence-electron chi connectivity index (χ3n) is 5.44. The standard InChI is InChI=1S/C26H20N2O5/c1-17-11-14-19(15-12-17)27-24(20-9-5-6-10-21(20)28(32)33)23(25(30)26(27)31)22(29)16-13-18-7-3-2-4-8-18/h2-16,24,30H,1H3/b16-13+/t24-/m1/s1. The number of amides is 1. The van der Waals surface area contributed by atoms with Crippen molar-refractivity contribution in [1.29, 1.82) is 0 Å². The van der Waals surface area contributed by atoms with Gasteiger partial charge in [-0.25, -0.2) is 0 Å². The van der Waals surface area contributed by atoms with Crippen LogP contribution in [0.15, 0.2) is 96.3 Å². The summed E-state index contributed by atoms with van der Waals surface area (Å²) < 4.78 is 0. The molecular formula is C26H20N2O5. The van der Waals surface area contributed by atoms with E-state index >= 15 is 0 Å². The van der Waals surface area contributed by atoms with Crippen molar-refractivity contribution in [3.05, 3.63) is 123 Å². The van der Waals surface area contributed by atoms with E-state index < -0.39 is 28.4 Å². The van der Waals surface area contributed by atoms with Crippen LogP contribution in [0.25, 0.3) is 6.08 Å². The van der Waals surface area contributed by atoms with Crippen LogP contribution >= 0.6 is 0 Å². The van der Waals surface area contributed by atoms with Crippen molar-refractivity contribution >= 4 is 29.1 Å². The smallest absolute Gasteiger partial charge is 0.294 e. The van der Waals surface area contributed by atoms with Crippen LogP contribution in [0.2, 0.25) is 0 Å². The first-order chi connectivity index (χ1) is 15.9. The SMILES string of the molecule is Cc1ccc(N2C(=O)C(O)=C(C(=O)/C=C/c3ccccc3)[C@H]2c2ccccc2[N+](=O)[O-])cc1. The highest BCUT2D eigenvalue weighted by Gasteiger charge is 2.46. The van der Waals surface area contributed by atoms with Gasteiger partial charge in [0, 0.05) is 11.8 Å². The lowest BCUT2D eigenvalue weighted by Crippen LogP contribution is -2.31. The molecule has 0 aromatic heterocycles. The van der Waals surface area contributed by atoms with Crippen LogP contribution in [0.4, 0.5) is 11.4 Å². The third kappa shape index (κ3) is 4.16. The molecule has 1 aliphatic heterocycles. The Kier molecular flexibility index (Phi) is 5.87. The van der Waals surface area contributed by atoms with Crippen LogP contribution in [-0.2, 0) is 9.59 Å². The number of rotatable bonds is 6. The summed E-state index contributed by atoms with van der Waals surface area (Å²) in [7, 11) is 0. The maximum atomic E-state index is 13.2. The van der Waals surface area contributed by atoms with Gasteiger partial charge in [-0.1, -0.05) is 66.2 Å². The number of hydrogen-bond donors (Lipinski definition) is 1. The van der Waals surface area contributed by atoms with E-state index in [4.69, 9.17) is 0 Å². The number of anilines is 1. The largest absolute Gasteiger partial charge is 0.503 e. The summed E-state index contributed by atoms with van der Waals surface area (Å²) in [5, 5.41) is 22.5. The molecule has 1 N–H and O–H groups in total. The quantitative estimate of drug-likeness (QED) is 0.327. The molecule has 3 aromatic carbocycles. The number of nitrogens with zero attached hydrogens (tertiary/aromatic N) is 2. The number of aryl methyl sites for hydroxylation is 1. The molecule has 0 radical (unpaired) electrons. The van der Waals surface area contributed by atoms with Crippen molar-refractivity contribution in [1.82, 2.24) is 0 Å². The van der Waals surface area contributed by atoms with Crippen molar-refractivity contribution < 1.29 is 19.6 Å². The predicted molar refractivity (Wildman–Crippen MR) is 125 cm³/mol. The molecule has 7 heteroatoms. The molecule has 0 spiro atoms. The van der Waals surface area contributed by atoms with Gasteiger partial charge in [-0.05, 0) is 36.8 Å². The minimum Gasteiger partial charge on any atom is -0.503 e.